The Kier molecular flexibility index (Phi) is 4.29. The van der Waals surface area contributed by atoms with Crippen LogP contribution in [0.25, 0.3) is 0 Å². The van der Waals surface area contributed by atoms with E-state index >= 15 is 0 Å². The van der Waals surface area contributed by atoms with E-state index in [0.717, 1.165) is 6.29 Å². The molecule has 1 aliphatic heterocycles. The summed E-state index contributed by atoms with van der Waals surface area (Å²) in [5.74, 6) is 0.319. The first kappa shape index (κ1) is 15.5. The Hall–Kier alpha value is -1.92. The zero-order valence-corrected chi connectivity index (χ0v) is 12.7. The molecule has 114 valence electrons. The van der Waals surface area contributed by atoms with E-state index in [1.165, 1.54) is 7.11 Å². The van der Waals surface area contributed by atoms with Gasteiger partial charge in [-0.1, -0.05) is 0 Å². The Morgan fingerprint density at radius 2 is 2.24 bits per heavy atom. The lowest BCUT2D eigenvalue weighted by Crippen LogP contribution is -2.46. The Morgan fingerprint density at radius 3 is 2.76 bits per heavy atom. The third-order valence-electron chi connectivity index (χ3n) is 3.83. The van der Waals surface area contributed by atoms with Crippen molar-refractivity contribution in [3.05, 3.63) is 23.8 Å². The van der Waals surface area contributed by atoms with Crippen molar-refractivity contribution in [2.45, 2.75) is 25.6 Å². The van der Waals surface area contributed by atoms with Crippen LogP contribution in [0.2, 0.25) is 0 Å². The third kappa shape index (κ3) is 3.06. The van der Waals surface area contributed by atoms with Gasteiger partial charge in [-0.05, 0) is 39.1 Å². The van der Waals surface area contributed by atoms with Crippen molar-refractivity contribution in [1.29, 1.82) is 0 Å². The summed E-state index contributed by atoms with van der Waals surface area (Å²) in [6.07, 6.45) is 0.725. The molecule has 1 amide bonds. The topological polar surface area (TPSA) is 67.9 Å². The Bertz CT molecular complexity index is 557. The highest BCUT2D eigenvalue weighted by Crippen LogP contribution is 2.28. The van der Waals surface area contributed by atoms with Gasteiger partial charge in [0.05, 0.1) is 19.4 Å². The molecule has 2 rings (SSSR count). The third-order valence-corrected chi connectivity index (χ3v) is 3.83. The SMILES string of the molecule is COc1ccc(C=O)cc1NC(=O)[C@@H]1COC(C)(C)N1C. The summed E-state index contributed by atoms with van der Waals surface area (Å²) < 4.78 is 10.8. The number of aldehydes is 1. The zero-order valence-electron chi connectivity index (χ0n) is 12.7. The van der Waals surface area contributed by atoms with E-state index in [-0.39, 0.29) is 11.9 Å². The number of nitrogens with zero attached hydrogens (tertiary/aromatic N) is 1. The highest BCUT2D eigenvalue weighted by Gasteiger charge is 2.41. The lowest BCUT2D eigenvalue weighted by Gasteiger charge is -2.28. The second-order valence-electron chi connectivity index (χ2n) is 5.45. The van der Waals surface area contributed by atoms with Crippen molar-refractivity contribution < 1.29 is 19.1 Å². The Labute approximate surface area is 124 Å². The Balaban J connectivity index is 2.18. The highest BCUT2D eigenvalue weighted by atomic mass is 16.5. The molecule has 1 fully saturated rings. The molecule has 1 atom stereocenters. The second-order valence-corrected chi connectivity index (χ2v) is 5.45. The van der Waals surface area contributed by atoms with Crippen LogP contribution in [-0.2, 0) is 9.53 Å². The van der Waals surface area contributed by atoms with Crippen LogP contribution in [0.4, 0.5) is 5.69 Å². The van der Waals surface area contributed by atoms with Crippen molar-refractivity contribution in [1.82, 2.24) is 4.90 Å². The smallest absolute Gasteiger partial charge is 0.244 e. The summed E-state index contributed by atoms with van der Waals surface area (Å²) in [6.45, 7) is 4.15. The number of rotatable bonds is 4. The van der Waals surface area contributed by atoms with E-state index < -0.39 is 5.72 Å². The summed E-state index contributed by atoms with van der Waals surface area (Å²) in [5, 5.41) is 2.80. The van der Waals surface area contributed by atoms with Gasteiger partial charge in [0.15, 0.2) is 0 Å². The van der Waals surface area contributed by atoms with Gasteiger partial charge in [0.2, 0.25) is 5.91 Å². The van der Waals surface area contributed by atoms with Crippen LogP contribution in [-0.4, -0.2) is 49.6 Å². The first-order valence-electron chi connectivity index (χ1n) is 6.70. The zero-order chi connectivity index (χ0) is 15.6. The molecule has 1 heterocycles. The predicted octanol–water partition coefficient (Wildman–Crippen LogP) is 1.51. The highest BCUT2D eigenvalue weighted by molar-refractivity contribution is 5.97. The van der Waals surface area contributed by atoms with Crippen molar-refractivity contribution in [2.75, 3.05) is 26.1 Å². The Morgan fingerprint density at radius 1 is 1.52 bits per heavy atom. The molecule has 0 unspecified atom stereocenters. The molecule has 6 nitrogen and oxygen atoms in total. The summed E-state index contributed by atoms with van der Waals surface area (Å²) in [5.41, 5.74) is 0.476. The van der Waals surface area contributed by atoms with Crippen LogP contribution in [0.1, 0.15) is 24.2 Å². The summed E-state index contributed by atoms with van der Waals surface area (Å²) in [4.78, 5) is 25.1. The van der Waals surface area contributed by atoms with E-state index in [1.807, 2.05) is 25.8 Å². The number of carbonyl (C=O) groups is 2. The standard InChI is InChI=1S/C15H20N2O4/c1-15(2)17(3)12(9-21-15)14(19)16-11-7-10(8-18)5-6-13(11)20-4/h5-8,12H,9H2,1-4H3,(H,16,19)/t12-/m0/s1. The number of ether oxygens (including phenoxy) is 2. The lowest BCUT2D eigenvalue weighted by molar-refractivity contribution is -0.120. The summed E-state index contributed by atoms with van der Waals surface area (Å²) in [6, 6.07) is 4.49. The molecule has 0 spiro atoms. The fourth-order valence-electron chi connectivity index (χ4n) is 2.24. The molecule has 1 saturated heterocycles. The average molecular weight is 292 g/mol. The molecular weight excluding hydrogens is 272 g/mol. The number of anilines is 1. The van der Waals surface area contributed by atoms with Crippen LogP contribution in [0.3, 0.4) is 0 Å². The van der Waals surface area contributed by atoms with Crippen LogP contribution < -0.4 is 10.1 Å². The fourth-order valence-corrected chi connectivity index (χ4v) is 2.24. The average Bonchev–Trinajstić information content (AvgIpc) is 2.73. The number of methoxy groups -OCH3 is 1. The van der Waals surface area contributed by atoms with Gasteiger partial charge in [-0.3, -0.25) is 14.5 Å². The van der Waals surface area contributed by atoms with Crippen LogP contribution in [0.5, 0.6) is 5.75 Å². The van der Waals surface area contributed by atoms with Crippen LogP contribution >= 0.6 is 0 Å². The van der Waals surface area contributed by atoms with Gasteiger partial charge in [0.25, 0.3) is 0 Å². The van der Waals surface area contributed by atoms with Crippen molar-refractivity contribution >= 4 is 17.9 Å². The molecule has 21 heavy (non-hydrogen) atoms. The minimum Gasteiger partial charge on any atom is -0.495 e. The molecule has 0 bridgehead atoms. The molecule has 0 saturated carbocycles. The number of benzene rings is 1. The molecular formula is C15H20N2O4. The first-order chi connectivity index (χ1) is 9.89. The van der Waals surface area contributed by atoms with E-state index in [0.29, 0.717) is 23.6 Å². The van der Waals surface area contributed by atoms with Crippen molar-refractivity contribution in [3.63, 3.8) is 0 Å². The fraction of sp³-hybridized carbons (Fsp3) is 0.467. The summed E-state index contributed by atoms with van der Waals surface area (Å²) >= 11 is 0. The number of amides is 1. The molecule has 0 aliphatic carbocycles. The maximum absolute atomic E-state index is 12.4. The van der Waals surface area contributed by atoms with Gasteiger partial charge in [-0.25, -0.2) is 0 Å². The van der Waals surface area contributed by atoms with Gasteiger partial charge in [0, 0.05) is 5.56 Å². The molecule has 6 heteroatoms. The van der Waals surface area contributed by atoms with Crippen molar-refractivity contribution in [2.24, 2.45) is 0 Å². The van der Waals surface area contributed by atoms with Crippen LogP contribution in [0.15, 0.2) is 18.2 Å². The van der Waals surface area contributed by atoms with E-state index in [1.54, 1.807) is 18.2 Å². The number of carbonyl (C=O) groups excluding carboxylic acids is 2. The lowest BCUT2D eigenvalue weighted by atomic mass is 10.1. The molecule has 1 N–H and O–H groups in total. The number of nitrogens with one attached hydrogen (secondary N) is 1. The number of hydrogen-bond donors (Lipinski definition) is 1. The van der Waals surface area contributed by atoms with Gasteiger partial charge in [0.1, 0.15) is 23.8 Å². The largest absolute Gasteiger partial charge is 0.495 e. The van der Waals surface area contributed by atoms with E-state index in [9.17, 15) is 9.59 Å². The molecule has 1 aliphatic rings. The molecule has 0 radical (unpaired) electrons. The normalized spacial score (nSPS) is 21.0. The van der Waals surface area contributed by atoms with Gasteiger partial charge >= 0.3 is 0 Å². The van der Waals surface area contributed by atoms with E-state index in [2.05, 4.69) is 5.32 Å². The van der Waals surface area contributed by atoms with Crippen molar-refractivity contribution in [3.8, 4) is 5.75 Å². The molecule has 1 aromatic carbocycles. The maximum atomic E-state index is 12.4. The minimum absolute atomic E-state index is 0.190. The van der Waals surface area contributed by atoms with Gasteiger partial charge in [-0.2, -0.15) is 0 Å². The predicted molar refractivity (Wildman–Crippen MR) is 78.6 cm³/mol. The quantitative estimate of drug-likeness (QED) is 0.852. The van der Waals surface area contributed by atoms with E-state index in [4.69, 9.17) is 9.47 Å². The molecule has 0 aromatic heterocycles. The van der Waals surface area contributed by atoms with Gasteiger partial charge < -0.3 is 14.8 Å². The molecule has 1 aromatic rings. The first-order valence-corrected chi connectivity index (χ1v) is 6.70. The second kappa shape index (κ2) is 5.83. The van der Waals surface area contributed by atoms with Gasteiger partial charge in [-0.15, -0.1) is 0 Å². The maximum Gasteiger partial charge on any atom is 0.244 e. The summed E-state index contributed by atoms with van der Waals surface area (Å²) in [7, 11) is 3.36. The monoisotopic (exact) mass is 292 g/mol. The minimum atomic E-state index is -0.475. The van der Waals surface area contributed by atoms with Crippen LogP contribution in [0, 0.1) is 0 Å². The number of hydrogen-bond acceptors (Lipinski definition) is 5. The number of likely N-dealkylation sites (N-methyl/N-ethyl adjacent to an activating group) is 1.